The van der Waals surface area contributed by atoms with Gasteiger partial charge in [-0.3, -0.25) is 14.6 Å². The molecule has 0 bridgehead atoms. The fraction of sp³-hybridized carbons (Fsp3) is 0.316. The third kappa shape index (κ3) is 5.91. The van der Waals surface area contributed by atoms with E-state index in [9.17, 15) is 9.59 Å². The monoisotopic (exact) mass is 341 g/mol. The number of nitrogens with one attached hydrogen (secondary N) is 1. The Kier molecular flexibility index (Phi) is 6.95. The van der Waals surface area contributed by atoms with Gasteiger partial charge in [0, 0.05) is 39.0 Å². The van der Waals surface area contributed by atoms with Crippen molar-refractivity contribution in [2.24, 2.45) is 0 Å². The van der Waals surface area contributed by atoms with E-state index in [0.29, 0.717) is 25.2 Å². The maximum Gasteiger partial charge on any atom is 0.252 e. The summed E-state index contributed by atoms with van der Waals surface area (Å²) in [5.41, 5.74) is 1.64. The number of ether oxygens (including phenoxy) is 1. The molecule has 0 spiro atoms. The van der Waals surface area contributed by atoms with Gasteiger partial charge in [0.2, 0.25) is 5.91 Å². The lowest BCUT2D eigenvalue weighted by Crippen LogP contribution is -2.38. The molecule has 2 amide bonds. The molecule has 1 aromatic carbocycles. The fourth-order valence-corrected chi connectivity index (χ4v) is 2.39. The summed E-state index contributed by atoms with van der Waals surface area (Å²) in [4.78, 5) is 29.4. The quantitative estimate of drug-likeness (QED) is 0.796. The highest BCUT2D eigenvalue weighted by Crippen LogP contribution is 2.12. The maximum absolute atomic E-state index is 12.0. The lowest BCUT2D eigenvalue weighted by Gasteiger charge is -2.21. The van der Waals surface area contributed by atoms with Crippen LogP contribution in [-0.4, -0.2) is 48.4 Å². The Labute approximate surface area is 147 Å². The van der Waals surface area contributed by atoms with Crippen LogP contribution in [0.1, 0.15) is 22.8 Å². The number of methoxy groups -OCH3 is 1. The van der Waals surface area contributed by atoms with E-state index in [1.165, 1.54) is 13.1 Å². The first-order chi connectivity index (χ1) is 12.1. The molecule has 2 rings (SSSR count). The molecule has 132 valence electrons. The maximum atomic E-state index is 12.0. The van der Waals surface area contributed by atoms with Crippen molar-refractivity contribution in [1.82, 2.24) is 15.2 Å². The van der Waals surface area contributed by atoms with Crippen LogP contribution >= 0.6 is 0 Å². The Morgan fingerprint density at radius 2 is 1.92 bits per heavy atom. The number of nitrogens with zero attached hydrogens (tertiary/aromatic N) is 2. The molecular weight excluding hydrogens is 318 g/mol. The Bertz CT molecular complexity index is 687. The topological polar surface area (TPSA) is 71.5 Å². The van der Waals surface area contributed by atoms with Crippen LogP contribution in [0.5, 0.6) is 5.75 Å². The van der Waals surface area contributed by atoms with Crippen LogP contribution < -0.4 is 10.1 Å². The SMILES string of the molecule is COc1ccc(CCN(CCNC(=O)c2cccnc2)C(C)=O)cc1. The normalized spacial score (nSPS) is 10.2. The average Bonchev–Trinajstić information content (AvgIpc) is 2.65. The Hall–Kier alpha value is -2.89. The van der Waals surface area contributed by atoms with Crippen LogP contribution in [-0.2, 0) is 11.2 Å². The number of hydrogen-bond acceptors (Lipinski definition) is 4. The van der Waals surface area contributed by atoms with Crippen LogP contribution in [0.2, 0.25) is 0 Å². The molecule has 0 radical (unpaired) electrons. The predicted octanol–water partition coefficient (Wildman–Crippen LogP) is 1.91. The number of carbonyl (C=O) groups excluding carboxylic acids is 2. The van der Waals surface area contributed by atoms with Crippen molar-refractivity contribution < 1.29 is 14.3 Å². The highest BCUT2D eigenvalue weighted by molar-refractivity contribution is 5.93. The van der Waals surface area contributed by atoms with Crippen molar-refractivity contribution in [3.8, 4) is 5.75 Å². The average molecular weight is 341 g/mol. The van der Waals surface area contributed by atoms with Crippen LogP contribution in [0.15, 0.2) is 48.8 Å². The predicted molar refractivity (Wildman–Crippen MR) is 95.5 cm³/mol. The minimum absolute atomic E-state index is 0.0101. The van der Waals surface area contributed by atoms with E-state index < -0.39 is 0 Å². The van der Waals surface area contributed by atoms with Crippen molar-refractivity contribution >= 4 is 11.8 Å². The highest BCUT2D eigenvalue weighted by Gasteiger charge is 2.10. The minimum Gasteiger partial charge on any atom is -0.497 e. The molecule has 1 heterocycles. The van der Waals surface area contributed by atoms with Gasteiger partial charge in [0.25, 0.3) is 5.91 Å². The van der Waals surface area contributed by atoms with E-state index in [0.717, 1.165) is 17.7 Å². The molecule has 25 heavy (non-hydrogen) atoms. The molecular formula is C19H23N3O3. The molecule has 0 unspecified atom stereocenters. The van der Waals surface area contributed by atoms with Gasteiger partial charge in [-0.1, -0.05) is 12.1 Å². The summed E-state index contributed by atoms with van der Waals surface area (Å²) in [5.74, 6) is 0.612. The van der Waals surface area contributed by atoms with Crippen molar-refractivity contribution in [2.45, 2.75) is 13.3 Å². The molecule has 1 aromatic heterocycles. The number of pyridine rings is 1. The van der Waals surface area contributed by atoms with Gasteiger partial charge in [0.1, 0.15) is 5.75 Å². The van der Waals surface area contributed by atoms with Gasteiger partial charge in [-0.25, -0.2) is 0 Å². The number of hydrogen-bond donors (Lipinski definition) is 1. The van der Waals surface area contributed by atoms with Gasteiger partial charge in [-0.05, 0) is 36.2 Å². The van der Waals surface area contributed by atoms with E-state index in [1.54, 1.807) is 30.3 Å². The number of carbonyl (C=O) groups is 2. The number of benzene rings is 1. The summed E-state index contributed by atoms with van der Waals surface area (Å²) in [5, 5.41) is 2.81. The van der Waals surface area contributed by atoms with Crippen molar-refractivity contribution in [3.63, 3.8) is 0 Å². The molecule has 0 atom stereocenters. The zero-order chi connectivity index (χ0) is 18.1. The minimum atomic E-state index is -0.188. The number of amides is 2. The third-order valence-electron chi connectivity index (χ3n) is 3.87. The Morgan fingerprint density at radius 1 is 1.16 bits per heavy atom. The summed E-state index contributed by atoms with van der Waals surface area (Å²) in [6.45, 7) is 3.01. The number of aromatic nitrogens is 1. The number of rotatable bonds is 8. The molecule has 0 saturated carbocycles. The summed E-state index contributed by atoms with van der Waals surface area (Å²) in [6.07, 6.45) is 3.88. The van der Waals surface area contributed by atoms with Gasteiger partial charge in [0.15, 0.2) is 0 Å². The van der Waals surface area contributed by atoms with Gasteiger partial charge < -0.3 is 15.0 Å². The molecule has 0 saturated heterocycles. The van der Waals surface area contributed by atoms with Crippen LogP contribution in [0.4, 0.5) is 0 Å². The largest absolute Gasteiger partial charge is 0.497 e. The molecule has 2 aromatic rings. The van der Waals surface area contributed by atoms with E-state index in [2.05, 4.69) is 10.3 Å². The smallest absolute Gasteiger partial charge is 0.252 e. The van der Waals surface area contributed by atoms with Gasteiger partial charge in [0.05, 0.1) is 12.7 Å². The van der Waals surface area contributed by atoms with Crippen LogP contribution in [0.3, 0.4) is 0 Å². The zero-order valence-electron chi connectivity index (χ0n) is 14.6. The lowest BCUT2D eigenvalue weighted by atomic mass is 10.1. The second-order valence-electron chi connectivity index (χ2n) is 5.60. The van der Waals surface area contributed by atoms with Crippen LogP contribution in [0.25, 0.3) is 0 Å². The molecule has 0 aliphatic carbocycles. The van der Waals surface area contributed by atoms with E-state index in [4.69, 9.17) is 4.74 Å². The van der Waals surface area contributed by atoms with Crippen molar-refractivity contribution in [3.05, 3.63) is 59.9 Å². The summed E-state index contributed by atoms with van der Waals surface area (Å²) in [7, 11) is 1.63. The van der Waals surface area contributed by atoms with Crippen LogP contribution in [0, 0.1) is 0 Å². The van der Waals surface area contributed by atoms with E-state index in [1.807, 2.05) is 24.3 Å². The third-order valence-corrected chi connectivity index (χ3v) is 3.87. The summed E-state index contributed by atoms with van der Waals surface area (Å²) >= 11 is 0. The van der Waals surface area contributed by atoms with Crippen molar-refractivity contribution in [1.29, 1.82) is 0 Å². The molecule has 0 fully saturated rings. The Balaban J connectivity index is 1.80. The standard InChI is InChI=1S/C19H23N3O3/c1-15(23)22(12-9-16-5-7-18(25-2)8-6-16)13-11-21-19(24)17-4-3-10-20-14-17/h3-8,10,14H,9,11-13H2,1-2H3,(H,21,24). The van der Waals surface area contributed by atoms with Gasteiger partial charge >= 0.3 is 0 Å². The molecule has 6 nitrogen and oxygen atoms in total. The zero-order valence-corrected chi connectivity index (χ0v) is 14.6. The summed E-state index contributed by atoms with van der Waals surface area (Å²) < 4.78 is 5.14. The van der Waals surface area contributed by atoms with Crippen molar-refractivity contribution in [2.75, 3.05) is 26.7 Å². The molecule has 1 N–H and O–H groups in total. The first kappa shape index (κ1) is 18.4. The molecule has 0 aliphatic rings. The first-order valence-corrected chi connectivity index (χ1v) is 8.17. The second-order valence-corrected chi connectivity index (χ2v) is 5.60. The first-order valence-electron chi connectivity index (χ1n) is 8.17. The second kappa shape index (κ2) is 9.42. The fourth-order valence-electron chi connectivity index (χ4n) is 2.39. The van der Waals surface area contributed by atoms with Gasteiger partial charge in [-0.15, -0.1) is 0 Å². The lowest BCUT2D eigenvalue weighted by molar-refractivity contribution is -0.128. The van der Waals surface area contributed by atoms with Gasteiger partial charge in [-0.2, -0.15) is 0 Å². The molecule has 6 heteroatoms. The van der Waals surface area contributed by atoms with E-state index >= 15 is 0 Å². The summed E-state index contributed by atoms with van der Waals surface area (Å²) in [6, 6.07) is 11.2. The van der Waals surface area contributed by atoms with E-state index in [-0.39, 0.29) is 11.8 Å². The Morgan fingerprint density at radius 3 is 2.52 bits per heavy atom. The highest BCUT2D eigenvalue weighted by atomic mass is 16.5. The molecule has 0 aliphatic heterocycles.